The van der Waals surface area contributed by atoms with Crippen molar-refractivity contribution in [2.24, 2.45) is 7.05 Å². The van der Waals surface area contributed by atoms with E-state index >= 15 is 0 Å². The highest BCUT2D eigenvalue weighted by Gasteiger charge is 2.38. The van der Waals surface area contributed by atoms with Gasteiger partial charge in [-0.15, -0.1) is 0 Å². The predicted molar refractivity (Wildman–Crippen MR) is 105 cm³/mol. The minimum absolute atomic E-state index is 0.169. The number of anilines is 1. The summed E-state index contributed by atoms with van der Waals surface area (Å²) in [5.74, 6) is -0.732. The average Bonchev–Trinajstić information content (AvgIpc) is 3.07. The maximum Gasteiger partial charge on any atom is 0.254 e. The van der Waals surface area contributed by atoms with Crippen LogP contribution < -0.4 is 5.32 Å². The third-order valence-corrected chi connectivity index (χ3v) is 4.81. The van der Waals surface area contributed by atoms with Crippen LogP contribution in [-0.4, -0.2) is 57.9 Å². The molecule has 0 spiro atoms. The predicted octanol–water partition coefficient (Wildman–Crippen LogP) is 1.37. The molecule has 0 saturated carbocycles. The number of likely N-dealkylation sites (N-methyl/N-ethyl adjacent to an activating group) is 1. The van der Waals surface area contributed by atoms with Crippen LogP contribution in [0, 0.1) is 0 Å². The Kier molecular flexibility index (Phi) is 5.30. The van der Waals surface area contributed by atoms with Crippen molar-refractivity contribution in [3.05, 3.63) is 59.9 Å². The van der Waals surface area contributed by atoms with E-state index in [1.165, 1.54) is 11.0 Å². The van der Waals surface area contributed by atoms with E-state index < -0.39 is 6.04 Å². The number of benzene rings is 1. The van der Waals surface area contributed by atoms with Crippen LogP contribution in [-0.2, 0) is 23.1 Å². The van der Waals surface area contributed by atoms with E-state index in [1.807, 2.05) is 7.05 Å². The third kappa shape index (κ3) is 3.53. The zero-order chi connectivity index (χ0) is 20.4. The Hall–Kier alpha value is -3.42. The Morgan fingerprint density at radius 2 is 1.93 bits per heavy atom. The van der Waals surface area contributed by atoms with E-state index in [0.29, 0.717) is 24.2 Å². The molecule has 1 aliphatic heterocycles. The molecule has 0 radical (unpaired) electrons. The molecular weight excluding hydrogens is 358 g/mol. The fourth-order valence-electron chi connectivity index (χ4n) is 3.32. The summed E-state index contributed by atoms with van der Waals surface area (Å²) in [4.78, 5) is 40.5. The Morgan fingerprint density at radius 3 is 2.54 bits per heavy atom. The first-order valence-corrected chi connectivity index (χ1v) is 8.90. The largest absolute Gasteiger partial charge is 0.347 e. The monoisotopic (exact) mass is 381 g/mol. The van der Waals surface area contributed by atoms with Crippen molar-refractivity contribution in [2.45, 2.75) is 12.5 Å². The summed E-state index contributed by atoms with van der Waals surface area (Å²) in [6.45, 7) is 3.83. The van der Waals surface area contributed by atoms with Crippen molar-refractivity contribution in [3.8, 4) is 0 Å². The average molecular weight is 381 g/mol. The minimum Gasteiger partial charge on any atom is -0.347 e. The maximum absolute atomic E-state index is 13.2. The smallest absolute Gasteiger partial charge is 0.254 e. The van der Waals surface area contributed by atoms with E-state index in [4.69, 9.17) is 0 Å². The highest BCUT2D eigenvalue weighted by Crippen LogP contribution is 2.32. The molecule has 1 aliphatic rings. The summed E-state index contributed by atoms with van der Waals surface area (Å²) < 4.78 is 1.75. The van der Waals surface area contributed by atoms with Gasteiger partial charge in [-0.25, -0.2) is 0 Å². The molecule has 146 valence electrons. The van der Waals surface area contributed by atoms with Gasteiger partial charge in [-0.2, -0.15) is 5.10 Å². The van der Waals surface area contributed by atoms with Crippen LogP contribution in [0.2, 0.25) is 0 Å². The highest BCUT2D eigenvalue weighted by atomic mass is 16.2. The van der Waals surface area contributed by atoms with Gasteiger partial charge in [0.25, 0.3) is 5.91 Å². The van der Waals surface area contributed by atoms with Gasteiger partial charge in [-0.3, -0.25) is 19.1 Å². The summed E-state index contributed by atoms with van der Waals surface area (Å²) in [6.07, 6.45) is 3.47. The van der Waals surface area contributed by atoms with Crippen molar-refractivity contribution < 1.29 is 14.4 Å². The van der Waals surface area contributed by atoms with E-state index in [0.717, 1.165) is 11.3 Å². The van der Waals surface area contributed by atoms with Gasteiger partial charge in [0.15, 0.2) is 0 Å². The van der Waals surface area contributed by atoms with Crippen molar-refractivity contribution in [1.82, 2.24) is 19.6 Å². The number of carbonyl (C=O) groups is 3. The lowest BCUT2D eigenvalue weighted by atomic mass is 9.96. The number of aryl methyl sites for hydroxylation is 1. The fourth-order valence-corrected chi connectivity index (χ4v) is 3.32. The lowest BCUT2D eigenvalue weighted by Gasteiger charge is -2.36. The van der Waals surface area contributed by atoms with Crippen LogP contribution in [0.5, 0.6) is 0 Å². The van der Waals surface area contributed by atoms with Gasteiger partial charge in [0.05, 0.1) is 6.20 Å². The number of carbonyl (C=O) groups excluding carboxylic acids is 3. The fraction of sp³-hybridized carbons (Fsp3) is 0.300. The Morgan fingerprint density at radius 1 is 1.25 bits per heavy atom. The first-order chi connectivity index (χ1) is 13.3. The zero-order valence-electron chi connectivity index (χ0n) is 16.2. The molecule has 0 aliphatic carbocycles. The van der Waals surface area contributed by atoms with Crippen LogP contribution >= 0.6 is 0 Å². The Balaban J connectivity index is 1.90. The van der Waals surface area contributed by atoms with Crippen LogP contribution in [0.1, 0.15) is 27.7 Å². The minimum atomic E-state index is -0.708. The molecule has 2 heterocycles. The molecule has 3 rings (SSSR count). The van der Waals surface area contributed by atoms with Gasteiger partial charge in [-0.1, -0.05) is 6.58 Å². The standard InChI is InChI=1S/C20H23N5O3/c1-5-17(26)22-14-8-6-13(7-9-14)19(27)25-11-10-16-15(12-21-24(16)4)18(25)20(28)23(2)3/h5-9,12,18H,1,10-11H2,2-4H3,(H,22,26). The Labute approximate surface area is 163 Å². The summed E-state index contributed by atoms with van der Waals surface area (Å²) in [7, 11) is 5.18. The molecule has 0 bridgehead atoms. The second-order valence-corrected chi connectivity index (χ2v) is 6.82. The Bertz CT molecular complexity index is 930. The van der Waals surface area contributed by atoms with Gasteiger partial charge in [0, 0.05) is 56.6 Å². The van der Waals surface area contributed by atoms with Gasteiger partial charge < -0.3 is 15.1 Å². The van der Waals surface area contributed by atoms with Gasteiger partial charge in [0.1, 0.15) is 6.04 Å². The molecule has 0 fully saturated rings. The molecule has 1 unspecified atom stereocenters. The molecule has 8 heteroatoms. The van der Waals surface area contributed by atoms with Crippen molar-refractivity contribution in [2.75, 3.05) is 26.0 Å². The molecule has 1 aromatic heterocycles. The summed E-state index contributed by atoms with van der Waals surface area (Å²) in [5.41, 5.74) is 2.73. The number of rotatable bonds is 4. The van der Waals surface area contributed by atoms with Crippen LogP contribution in [0.15, 0.2) is 43.1 Å². The van der Waals surface area contributed by atoms with E-state index in [9.17, 15) is 14.4 Å². The number of nitrogens with one attached hydrogen (secondary N) is 1. The molecule has 1 atom stereocenters. The number of nitrogens with zero attached hydrogens (tertiary/aromatic N) is 4. The van der Waals surface area contributed by atoms with Gasteiger partial charge >= 0.3 is 0 Å². The summed E-state index contributed by atoms with van der Waals surface area (Å²) in [5, 5.41) is 6.90. The normalized spacial score (nSPS) is 15.5. The number of hydrogen-bond donors (Lipinski definition) is 1. The summed E-state index contributed by atoms with van der Waals surface area (Å²) >= 11 is 0. The van der Waals surface area contributed by atoms with Gasteiger partial charge in [-0.05, 0) is 30.3 Å². The molecule has 28 heavy (non-hydrogen) atoms. The summed E-state index contributed by atoms with van der Waals surface area (Å²) in [6, 6.07) is 5.86. The van der Waals surface area contributed by atoms with Crippen molar-refractivity contribution in [1.29, 1.82) is 0 Å². The number of fused-ring (bicyclic) bond motifs is 1. The van der Waals surface area contributed by atoms with E-state index in [1.54, 1.807) is 54.1 Å². The molecule has 0 saturated heterocycles. The quantitative estimate of drug-likeness (QED) is 0.811. The molecule has 3 amide bonds. The molecule has 8 nitrogen and oxygen atoms in total. The molecule has 1 aromatic carbocycles. The lowest BCUT2D eigenvalue weighted by Crippen LogP contribution is -2.47. The first kappa shape index (κ1) is 19.3. The number of hydrogen-bond acceptors (Lipinski definition) is 4. The van der Waals surface area contributed by atoms with Crippen LogP contribution in [0.3, 0.4) is 0 Å². The third-order valence-electron chi connectivity index (χ3n) is 4.81. The second-order valence-electron chi connectivity index (χ2n) is 6.82. The lowest BCUT2D eigenvalue weighted by molar-refractivity contribution is -0.134. The van der Waals surface area contributed by atoms with E-state index in [2.05, 4.69) is 17.0 Å². The molecular formula is C20H23N5O3. The van der Waals surface area contributed by atoms with E-state index in [-0.39, 0.29) is 17.7 Å². The maximum atomic E-state index is 13.2. The highest BCUT2D eigenvalue weighted by molar-refractivity contribution is 6.00. The first-order valence-electron chi connectivity index (χ1n) is 8.90. The number of aromatic nitrogens is 2. The SMILES string of the molecule is C=CC(=O)Nc1ccc(C(=O)N2CCc3c(cnn3C)C2C(=O)N(C)C)cc1. The molecule has 1 N–H and O–H groups in total. The number of amides is 3. The zero-order valence-corrected chi connectivity index (χ0v) is 16.2. The van der Waals surface area contributed by atoms with Crippen molar-refractivity contribution in [3.63, 3.8) is 0 Å². The van der Waals surface area contributed by atoms with Gasteiger partial charge in [0.2, 0.25) is 11.8 Å². The molecule has 2 aromatic rings. The van der Waals surface area contributed by atoms with Crippen molar-refractivity contribution >= 4 is 23.4 Å². The second kappa shape index (κ2) is 7.67. The van der Waals surface area contributed by atoms with Crippen LogP contribution in [0.25, 0.3) is 0 Å². The topological polar surface area (TPSA) is 87.5 Å². The van der Waals surface area contributed by atoms with Crippen LogP contribution in [0.4, 0.5) is 5.69 Å².